The van der Waals surface area contributed by atoms with E-state index in [0.717, 1.165) is 16.1 Å². The number of benzene rings is 1. The standard InChI is InChI=1S/C16H13ClN2O2S2/c1-21-8-10-3-2-4-11(7-10)15(20)19-16-18-12(9-22-16)13-5-6-14(17)23-13/h2-7,9H,8H2,1H3,(H,18,19,20). The fourth-order valence-electron chi connectivity index (χ4n) is 2.03. The first-order chi connectivity index (χ1) is 11.2. The van der Waals surface area contributed by atoms with Crippen LogP contribution in [0.2, 0.25) is 4.34 Å². The zero-order valence-corrected chi connectivity index (χ0v) is 14.6. The highest BCUT2D eigenvalue weighted by Gasteiger charge is 2.11. The van der Waals surface area contributed by atoms with Gasteiger partial charge in [0.05, 0.1) is 21.5 Å². The maximum absolute atomic E-state index is 12.3. The van der Waals surface area contributed by atoms with Crippen LogP contribution in [-0.2, 0) is 11.3 Å². The van der Waals surface area contributed by atoms with Crippen LogP contribution in [0, 0.1) is 0 Å². The Balaban J connectivity index is 1.73. The van der Waals surface area contributed by atoms with E-state index in [1.54, 1.807) is 13.2 Å². The molecule has 0 spiro atoms. The van der Waals surface area contributed by atoms with Crippen LogP contribution in [-0.4, -0.2) is 18.0 Å². The minimum atomic E-state index is -0.187. The van der Waals surface area contributed by atoms with E-state index < -0.39 is 0 Å². The number of carbonyl (C=O) groups is 1. The molecule has 0 aliphatic carbocycles. The monoisotopic (exact) mass is 364 g/mol. The first-order valence-corrected chi connectivity index (χ1v) is 8.83. The van der Waals surface area contributed by atoms with E-state index in [2.05, 4.69) is 10.3 Å². The molecule has 2 heterocycles. The van der Waals surface area contributed by atoms with Crippen molar-refractivity contribution in [3.63, 3.8) is 0 Å². The fraction of sp³-hybridized carbons (Fsp3) is 0.125. The zero-order chi connectivity index (χ0) is 16.2. The summed E-state index contributed by atoms with van der Waals surface area (Å²) >= 11 is 8.78. The molecular weight excluding hydrogens is 352 g/mol. The van der Waals surface area contributed by atoms with Crippen molar-refractivity contribution in [2.45, 2.75) is 6.61 Å². The summed E-state index contributed by atoms with van der Waals surface area (Å²) in [5, 5.41) is 5.29. The Morgan fingerprint density at radius 3 is 2.96 bits per heavy atom. The fourth-order valence-corrected chi connectivity index (χ4v) is 3.82. The van der Waals surface area contributed by atoms with Gasteiger partial charge in [-0.2, -0.15) is 0 Å². The largest absolute Gasteiger partial charge is 0.380 e. The molecule has 1 amide bonds. The lowest BCUT2D eigenvalue weighted by Crippen LogP contribution is -2.12. The number of ether oxygens (including phenoxy) is 1. The molecule has 1 N–H and O–H groups in total. The molecule has 7 heteroatoms. The number of thiazole rings is 1. The van der Waals surface area contributed by atoms with Crippen LogP contribution >= 0.6 is 34.3 Å². The van der Waals surface area contributed by atoms with Crippen LogP contribution in [0.25, 0.3) is 10.6 Å². The molecule has 3 rings (SSSR count). The Kier molecular flexibility index (Phi) is 5.07. The highest BCUT2D eigenvalue weighted by atomic mass is 35.5. The Bertz CT molecular complexity index is 829. The maximum atomic E-state index is 12.3. The predicted octanol–water partition coefficient (Wildman–Crippen LogP) is 4.92. The van der Waals surface area contributed by atoms with E-state index in [-0.39, 0.29) is 5.91 Å². The number of anilines is 1. The molecule has 0 unspecified atom stereocenters. The van der Waals surface area contributed by atoms with Crippen molar-refractivity contribution in [3.05, 3.63) is 57.2 Å². The zero-order valence-electron chi connectivity index (χ0n) is 12.2. The second kappa shape index (κ2) is 7.23. The number of nitrogens with one attached hydrogen (secondary N) is 1. The minimum Gasteiger partial charge on any atom is -0.380 e. The smallest absolute Gasteiger partial charge is 0.257 e. The Morgan fingerprint density at radius 1 is 1.35 bits per heavy atom. The number of nitrogens with zero attached hydrogens (tertiary/aromatic N) is 1. The van der Waals surface area contributed by atoms with E-state index in [1.807, 2.05) is 35.7 Å². The van der Waals surface area contributed by atoms with Crippen LogP contribution < -0.4 is 5.32 Å². The average Bonchev–Trinajstić information content (AvgIpc) is 3.17. The number of hydrogen-bond donors (Lipinski definition) is 1. The molecule has 3 aromatic rings. The van der Waals surface area contributed by atoms with E-state index in [9.17, 15) is 4.79 Å². The molecule has 2 aromatic heterocycles. The van der Waals surface area contributed by atoms with Gasteiger partial charge < -0.3 is 4.74 Å². The first kappa shape index (κ1) is 16.1. The number of aromatic nitrogens is 1. The van der Waals surface area contributed by atoms with Crippen LogP contribution in [0.4, 0.5) is 5.13 Å². The molecule has 0 radical (unpaired) electrons. The van der Waals surface area contributed by atoms with Crippen LogP contribution in [0.15, 0.2) is 41.8 Å². The van der Waals surface area contributed by atoms with Gasteiger partial charge in [-0.3, -0.25) is 10.1 Å². The van der Waals surface area contributed by atoms with E-state index in [4.69, 9.17) is 16.3 Å². The summed E-state index contributed by atoms with van der Waals surface area (Å²) < 4.78 is 5.80. The van der Waals surface area contributed by atoms with Gasteiger partial charge in [-0.1, -0.05) is 23.7 Å². The summed E-state index contributed by atoms with van der Waals surface area (Å²) in [5.41, 5.74) is 2.35. The van der Waals surface area contributed by atoms with Crippen LogP contribution in [0.5, 0.6) is 0 Å². The minimum absolute atomic E-state index is 0.187. The number of halogens is 1. The lowest BCUT2D eigenvalue weighted by molar-refractivity contribution is 0.102. The molecule has 0 atom stereocenters. The topological polar surface area (TPSA) is 51.2 Å². The lowest BCUT2D eigenvalue weighted by atomic mass is 10.1. The van der Waals surface area contributed by atoms with Gasteiger partial charge in [-0.05, 0) is 29.8 Å². The van der Waals surface area contributed by atoms with Gasteiger partial charge in [-0.25, -0.2) is 4.98 Å². The van der Waals surface area contributed by atoms with Crippen molar-refractivity contribution in [2.75, 3.05) is 12.4 Å². The maximum Gasteiger partial charge on any atom is 0.257 e. The summed E-state index contributed by atoms with van der Waals surface area (Å²) in [6.45, 7) is 0.474. The van der Waals surface area contributed by atoms with Gasteiger partial charge >= 0.3 is 0 Å². The molecule has 0 fully saturated rings. The van der Waals surface area contributed by atoms with Crippen molar-refractivity contribution in [3.8, 4) is 10.6 Å². The summed E-state index contributed by atoms with van der Waals surface area (Å²) in [7, 11) is 1.63. The Labute approximate surface area is 146 Å². The van der Waals surface area contributed by atoms with Gasteiger partial charge in [0.2, 0.25) is 0 Å². The Hall–Kier alpha value is -1.73. The number of thiophene rings is 1. The van der Waals surface area contributed by atoms with Crippen molar-refractivity contribution in [1.82, 2.24) is 4.98 Å². The van der Waals surface area contributed by atoms with E-state index >= 15 is 0 Å². The molecule has 0 aliphatic rings. The third kappa shape index (κ3) is 3.97. The predicted molar refractivity (Wildman–Crippen MR) is 95.5 cm³/mol. The molecular formula is C16H13ClN2O2S2. The summed E-state index contributed by atoms with van der Waals surface area (Å²) in [5.74, 6) is -0.187. The third-order valence-electron chi connectivity index (χ3n) is 3.05. The number of carbonyl (C=O) groups excluding carboxylic acids is 1. The number of methoxy groups -OCH3 is 1. The van der Waals surface area contributed by atoms with Crippen molar-refractivity contribution in [1.29, 1.82) is 0 Å². The Morgan fingerprint density at radius 2 is 2.22 bits per heavy atom. The van der Waals surface area contributed by atoms with Crippen LogP contribution in [0.1, 0.15) is 15.9 Å². The number of rotatable bonds is 5. The van der Waals surface area contributed by atoms with Crippen molar-refractivity contribution >= 4 is 45.3 Å². The average molecular weight is 365 g/mol. The van der Waals surface area contributed by atoms with Gasteiger partial charge in [0.1, 0.15) is 0 Å². The van der Waals surface area contributed by atoms with Gasteiger partial charge in [0, 0.05) is 18.1 Å². The van der Waals surface area contributed by atoms with Crippen LogP contribution in [0.3, 0.4) is 0 Å². The highest BCUT2D eigenvalue weighted by molar-refractivity contribution is 7.20. The molecule has 0 saturated carbocycles. The summed E-state index contributed by atoms with van der Waals surface area (Å²) in [6.07, 6.45) is 0. The lowest BCUT2D eigenvalue weighted by Gasteiger charge is -2.04. The van der Waals surface area contributed by atoms with Gasteiger partial charge in [0.25, 0.3) is 5.91 Å². The van der Waals surface area contributed by atoms with E-state index in [0.29, 0.717) is 21.6 Å². The quantitative estimate of drug-likeness (QED) is 0.698. The summed E-state index contributed by atoms with van der Waals surface area (Å²) in [6, 6.07) is 11.1. The molecule has 0 saturated heterocycles. The molecule has 23 heavy (non-hydrogen) atoms. The number of amides is 1. The van der Waals surface area contributed by atoms with Gasteiger partial charge in [0.15, 0.2) is 5.13 Å². The molecule has 0 bridgehead atoms. The van der Waals surface area contributed by atoms with Crippen molar-refractivity contribution < 1.29 is 9.53 Å². The van der Waals surface area contributed by atoms with E-state index in [1.165, 1.54) is 22.7 Å². The molecule has 118 valence electrons. The normalized spacial score (nSPS) is 10.7. The summed E-state index contributed by atoms with van der Waals surface area (Å²) in [4.78, 5) is 17.7. The second-order valence-corrected chi connectivity index (χ2v) is 7.30. The third-order valence-corrected chi connectivity index (χ3v) is 5.06. The van der Waals surface area contributed by atoms with Gasteiger partial charge in [-0.15, -0.1) is 22.7 Å². The molecule has 4 nitrogen and oxygen atoms in total. The SMILES string of the molecule is COCc1cccc(C(=O)Nc2nc(-c3ccc(Cl)s3)cs2)c1. The van der Waals surface area contributed by atoms with Crippen molar-refractivity contribution in [2.24, 2.45) is 0 Å². The molecule has 0 aliphatic heterocycles. The second-order valence-electron chi connectivity index (χ2n) is 4.73. The first-order valence-electron chi connectivity index (χ1n) is 6.76. The molecule has 1 aromatic carbocycles. The number of hydrogen-bond acceptors (Lipinski definition) is 5. The highest BCUT2D eigenvalue weighted by Crippen LogP contribution is 2.32.